The lowest BCUT2D eigenvalue weighted by Crippen LogP contribution is -2.41. The van der Waals surface area contributed by atoms with Crippen LogP contribution in [0.15, 0.2) is 24.3 Å². The number of rotatable bonds is 6. The van der Waals surface area contributed by atoms with Crippen molar-refractivity contribution in [1.29, 1.82) is 0 Å². The Hall–Kier alpha value is -0.570. The van der Waals surface area contributed by atoms with Crippen LogP contribution in [0, 0.1) is 5.92 Å². The predicted octanol–water partition coefficient (Wildman–Crippen LogP) is 4.36. The van der Waals surface area contributed by atoms with Crippen LogP contribution in [0.25, 0.3) is 0 Å². The first-order chi connectivity index (χ1) is 9.20. The molecule has 1 aromatic rings. The van der Waals surface area contributed by atoms with Gasteiger partial charge in [0.05, 0.1) is 0 Å². The Morgan fingerprint density at radius 3 is 2.35 bits per heavy atom. The average Bonchev–Trinajstić information content (AvgIpc) is 2.35. The second-order valence-electron chi connectivity index (χ2n) is 6.87. The molecule has 0 aliphatic rings. The van der Waals surface area contributed by atoms with Crippen LogP contribution in [0.5, 0.6) is 0 Å². The molecule has 1 rings (SSSR count). The molecule has 1 N–H and O–H groups in total. The molecule has 0 spiro atoms. The molecule has 20 heavy (non-hydrogen) atoms. The van der Waals surface area contributed by atoms with E-state index in [4.69, 9.17) is 11.6 Å². The molecule has 3 heteroatoms. The number of halogens is 1. The lowest BCUT2D eigenvalue weighted by atomic mass is 10.0. The molecule has 2 nitrogen and oxygen atoms in total. The number of nitrogens with zero attached hydrogens (tertiary/aromatic N) is 1. The SMILES string of the molecule is CC(CNC(C)(C)C)CN(C)C(C)c1ccccc1Cl. The molecule has 114 valence electrons. The number of benzene rings is 1. The van der Waals surface area contributed by atoms with Gasteiger partial charge in [-0.15, -0.1) is 0 Å². The number of hydrogen-bond donors (Lipinski definition) is 1. The normalized spacial score (nSPS) is 15.4. The fourth-order valence-corrected chi connectivity index (χ4v) is 2.54. The molecule has 1 aromatic carbocycles. The maximum absolute atomic E-state index is 6.28. The topological polar surface area (TPSA) is 15.3 Å². The van der Waals surface area contributed by atoms with E-state index in [1.54, 1.807) is 0 Å². The summed E-state index contributed by atoms with van der Waals surface area (Å²) in [5.74, 6) is 0.601. The third kappa shape index (κ3) is 5.82. The largest absolute Gasteiger partial charge is 0.312 e. The van der Waals surface area contributed by atoms with E-state index in [1.165, 1.54) is 5.56 Å². The lowest BCUT2D eigenvalue weighted by molar-refractivity contribution is 0.217. The second kappa shape index (κ2) is 7.44. The zero-order valence-electron chi connectivity index (χ0n) is 13.7. The van der Waals surface area contributed by atoms with E-state index in [1.807, 2.05) is 12.1 Å². The van der Waals surface area contributed by atoms with Crippen molar-refractivity contribution in [3.05, 3.63) is 34.9 Å². The van der Waals surface area contributed by atoms with E-state index in [2.05, 4.69) is 64.0 Å². The molecule has 2 unspecified atom stereocenters. The minimum atomic E-state index is 0.182. The third-order valence-electron chi connectivity index (χ3n) is 3.60. The summed E-state index contributed by atoms with van der Waals surface area (Å²) < 4.78 is 0. The summed E-state index contributed by atoms with van der Waals surface area (Å²) in [7, 11) is 2.17. The Bertz CT molecular complexity index is 412. The summed E-state index contributed by atoms with van der Waals surface area (Å²) >= 11 is 6.28. The summed E-state index contributed by atoms with van der Waals surface area (Å²) in [6, 6.07) is 8.44. The van der Waals surface area contributed by atoms with Crippen LogP contribution in [0.3, 0.4) is 0 Å². The molecule has 0 heterocycles. The molecule has 0 aliphatic heterocycles. The second-order valence-corrected chi connectivity index (χ2v) is 7.28. The molecule has 0 saturated carbocycles. The van der Waals surface area contributed by atoms with Gasteiger partial charge in [0.2, 0.25) is 0 Å². The Kier molecular flexibility index (Phi) is 6.50. The van der Waals surface area contributed by atoms with Crippen molar-refractivity contribution in [2.24, 2.45) is 5.92 Å². The van der Waals surface area contributed by atoms with Gasteiger partial charge in [0.15, 0.2) is 0 Å². The van der Waals surface area contributed by atoms with Gasteiger partial charge in [-0.1, -0.05) is 36.7 Å². The van der Waals surface area contributed by atoms with Gasteiger partial charge in [0.1, 0.15) is 0 Å². The molecule has 0 radical (unpaired) electrons. The average molecular weight is 297 g/mol. The van der Waals surface area contributed by atoms with Gasteiger partial charge in [0.25, 0.3) is 0 Å². The Morgan fingerprint density at radius 1 is 1.20 bits per heavy atom. The highest BCUT2D eigenvalue weighted by atomic mass is 35.5. The van der Waals surface area contributed by atoms with Gasteiger partial charge in [-0.2, -0.15) is 0 Å². The van der Waals surface area contributed by atoms with Crippen molar-refractivity contribution in [2.45, 2.75) is 46.2 Å². The van der Waals surface area contributed by atoms with Crippen molar-refractivity contribution >= 4 is 11.6 Å². The molecule has 0 amide bonds. The predicted molar refractivity (Wildman–Crippen MR) is 89.4 cm³/mol. The number of hydrogen-bond acceptors (Lipinski definition) is 2. The quantitative estimate of drug-likeness (QED) is 0.839. The molecular weight excluding hydrogens is 268 g/mol. The molecule has 2 atom stereocenters. The highest BCUT2D eigenvalue weighted by molar-refractivity contribution is 6.31. The summed E-state index contributed by atoms with van der Waals surface area (Å²) in [6.45, 7) is 13.2. The first-order valence-corrected chi connectivity index (χ1v) is 7.78. The smallest absolute Gasteiger partial charge is 0.0453 e. The molecule has 0 aromatic heterocycles. The molecule has 0 aliphatic carbocycles. The van der Waals surface area contributed by atoms with E-state index in [0.717, 1.165) is 18.1 Å². The van der Waals surface area contributed by atoms with Gasteiger partial charge in [-0.05, 0) is 58.8 Å². The molecule has 0 fully saturated rings. The maximum atomic E-state index is 6.28. The first kappa shape index (κ1) is 17.5. The highest BCUT2D eigenvalue weighted by Crippen LogP contribution is 2.26. The van der Waals surface area contributed by atoms with Crippen LogP contribution >= 0.6 is 11.6 Å². The van der Waals surface area contributed by atoms with E-state index in [0.29, 0.717) is 12.0 Å². The van der Waals surface area contributed by atoms with Crippen LogP contribution in [0.1, 0.15) is 46.2 Å². The van der Waals surface area contributed by atoms with Gasteiger partial charge in [-0.25, -0.2) is 0 Å². The van der Waals surface area contributed by atoms with Gasteiger partial charge in [0, 0.05) is 23.1 Å². The van der Waals surface area contributed by atoms with Gasteiger partial charge < -0.3 is 5.32 Å². The third-order valence-corrected chi connectivity index (χ3v) is 3.94. The number of nitrogens with one attached hydrogen (secondary N) is 1. The van der Waals surface area contributed by atoms with Crippen LogP contribution in [0.4, 0.5) is 0 Å². The summed E-state index contributed by atoms with van der Waals surface area (Å²) in [5.41, 5.74) is 1.38. The summed E-state index contributed by atoms with van der Waals surface area (Å²) in [5, 5.41) is 4.42. The molecular formula is C17H29ClN2. The van der Waals surface area contributed by atoms with Crippen LogP contribution in [0.2, 0.25) is 5.02 Å². The fraction of sp³-hybridized carbons (Fsp3) is 0.647. The molecule has 0 saturated heterocycles. The lowest BCUT2D eigenvalue weighted by Gasteiger charge is -2.30. The maximum Gasteiger partial charge on any atom is 0.0453 e. The first-order valence-electron chi connectivity index (χ1n) is 7.40. The molecule has 0 bridgehead atoms. The van der Waals surface area contributed by atoms with E-state index in [9.17, 15) is 0 Å². The van der Waals surface area contributed by atoms with Crippen LogP contribution in [-0.2, 0) is 0 Å². The Balaban J connectivity index is 2.54. The minimum Gasteiger partial charge on any atom is -0.312 e. The van der Waals surface area contributed by atoms with Crippen molar-refractivity contribution in [2.75, 3.05) is 20.1 Å². The Labute approximate surface area is 129 Å². The van der Waals surface area contributed by atoms with E-state index < -0.39 is 0 Å². The standard InChI is InChI=1S/C17H29ClN2/c1-13(11-19-17(3,4)5)12-20(6)14(2)15-9-7-8-10-16(15)18/h7-10,13-14,19H,11-12H2,1-6H3. The van der Waals surface area contributed by atoms with E-state index in [-0.39, 0.29) is 5.54 Å². The summed E-state index contributed by atoms with van der Waals surface area (Å²) in [6.07, 6.45) is 0. The zero-order chi connectivity index (χ0) is 15.3. The van der Waals surface area contributed by atoms with Crippen molar-refractivity contribution < 1.29 is 0 Å². The fourth-order valence-electron chi connectivity index (χ4n) is 2.25. The van der Waals surface area contributed by atoms with Crippen LogP contribution in [-0.4, -0.2) is 30.6 Å². The highest BCUT2D eigenvalue weighted by Gasteiger charge is 2.17. The van der Waals surface area contributed by atoms with Gasteiger partial charge >= 0.3 is 0 Å². The zero-order valence-corrected chi connectivity index (χ0v) is 14.5. The van der Waals surface area contributed by atoms with Gasteiger partial charge in [-0.3, -0.25) is 4.90 Å². The van der Waals surface area contributed by atoms with Crippen LogP contribution < -0.4 is 5.32 Å². The van der Waals surface area contributed by atoms with Crippen molar-refractivity contribution in [3.63, 3.8) is 0 Å². The van der Waals surface area contributed by atoms with E-state index >= 15 is 0 Å². The van der Waals surface area contributed by atoms with Crippen molar-refractivity contribution in [1.82, 2.24) is 10.2 Å². The van der Waals surface area contributed by atoms with Crippen molar-refractivity contribution in [3.8, 4) is 0 Å². The summed E-state index contributed by atoms with van der Waals surface area (Å²) in [4.78, 5) is 2.37. The Morgan fingerprint density at radius 2 is 1.80 bits per heavy atom. The minimum absolute atomic E-state index is 0.182. The monoisotopic (exact) mass is 296 g/mol.